The first-order chi connectivity index (χ1) is 13.0. The van der Waals surface area contributed by atoms with Gasteiger partial charge in [-0.2, -0.15) is 0 Å². The van der Waals surface area contributed by atoms with E-state index in [0.29, 0.717) is 17.7 Å². The molecule has 0 aliphatic heterocycles. The van der Waals surface area contributed by atoms with Gasteiger partial charge in [-0.05, 0) is 42.8 Å². The van der Waals surface area contributed by atoms with Crippen LogP contribution < -0.4 is 5.32 Å². The quantitative estimate of drug-likeness (QED) is 0.434. The molecule has 0 aromatic heterocycles. The van der Waals surface area contributed by atoms with Crippen LogP contribution in [0.4, 0.5) is 10.1 Å². The number of carbonyl (C=O) groups excluding carboxylic acids is 3. The topological polar surface area (TPSA) is 72.5 Å². The molecular formula is C21H20FNO4. The predicted molar refractivity (Wildman–Crippen MR) is 101 cm³/mol. The van der Waals surface area contributed by atoms with Crippen LogP contribution in [0.1, 0.15) is 35.7 Å². The van der Waals surface area contributed by atoms with Crippen LogP contribution >= 0.6 is 0 Å². The number of hydrogen-bond donors (Lipinski definition) is 1. The molecule has 0 bridgehead atoms. The van der Waals surface area contributed by atoms with Crippen LogP contribution in [0.3, 0.4) is 0 Å². The van der Waals surface area contributed by atoms with Crippen LogP contribution in [-0.2, 0) is 14.3 Å². The molecule has 0 heterocycles. The smallest absolute Gasteiger partial charge is 0.331 e. The first kappa shape index (κ1) is 20.0. The van der Waals surface area contributed by atoms with Crippen LogP contribution in [0, 0.1) is 5.82 Å². The van der Waals surface area contributed by atoms with Crippen molar-refractivity contribution < 1.29 is 23.5 Å². The first-order valence-corrected chi connectivity index (χ1v) is 8.52. The van der Waals surface area contributed by atoms with Crippen molar-refractivity contribution in [3.05, 3.63) is 71.6 Å². The van der Waals surface area contributed by atoms with Gasteiger partial charge in [0.2, 0.25) is 5.91 Å². The fraction of sp³-hybridized carbons (Fsp3) is 0.190. The van der Waals surface area contributed by atoms with Gasteiger partial charge >= 0.3 is 5.97 Å². The lowest BCUT2D eigenvalue weighted by molar-refractivity contribution is -0.136. The molecule has 0 atom stereocenters. The van der Waals surface area contributed by atoms with Crippen LogP contribution in [0.25, 0.3) is 6.08 Å². The third-order valence-corrected chi connectivity index (χ3v) is 3.62. The monoisotopic (exact) mass is 369 g/mol. The summed E-state index contributed by atoms with van der Waals surface area (Å²) in [5, 5.41) is 2.72. The summed E-state index contributed by atoms with van der Waals surface area (Å²) >= 11 is 0. The van der Waals surface area contributed by atoms with E-state index in [0.717, 1.165) is 12.5 Å². The minimum absolute atomic E-state index is 0.0906. The number of amides is 1. The van der Waals surface area contributed by atoms with Gasteiger partial charge in [0.1, 0.15) is 5.82 Å². The number of ketones is 1. The maximum Gasteiger partial charge on any atom is 0.331 e. The highest BCUT2D eigenvalue weighted by Crippen LogP contribution is 2.11. The lowest BCUT2D eigenvalue weighted by Crippen LogP contribution is -2.13. The highest BCUT2D eigenvalue weighted by molar-refractivity contribution is 5.99. The standard InChI is InChI=1S/C21H20FNO4/c1-2-5-20(25)23-17-11-8-16(9-12-17)19(24)14-27-21(26)13-10-15-6-3-4-7-18(15)22/h3-4,6-13H,2,5,14H2,1H3,(H,23,25)/b13-10+. The Hall–Kier alpha value is -3.28. The molecule has 0 saturated carbocycles. The molecule has 27 heavy (non-hydrogen) atoms. The van der Waals surface area contributed by atoms with Gasteiger partial charge in [0.25, 0.3) is 0 Å². The van der Waals surface area contributed by atoms with Crippen molar-refractivity contribution in [2.75, 3.05) is 11.9 Å². The number of hydrogen-bond acceptors (Lipinski definition) is 4. The van der Waals surface area contributed by atoms with Crippen molar-refractivity contribution >= 4 is 29.4 Å². The van der Waals surface area contributed by atoms with E-state index in [4.69, 9.17) is 4.74 Å². The van der Waals surface area contributed by atoms with Gasteiger partial charge in [-0.25, -0.2) is 9.18 Å². The van der Waals surface area contributed by atoms with E-state index in [2.05, 4.69) is 5.32 Å². The molecule has 2 aromatic carbocycles. The largest absolute Gasteiger partial charge is 0.454 e. The highest BCUT2D eigenvalue weighted by Gasteiger charge is 2.09. The lowest BCUT2D eigenvalue weighted by Gasteiger charge is -2.06. The molecule has 0 saturated heterocycles. The summed E-state index contributed by atoms with van der Waals surface area (Å²) < 4.78 is 18.3. The molecule has 6 heteroatoms. The number of carbonyl (C=O) groups is 3. The maximum atomic E-state index is 13.4. The molecule has 0 fully saturated rings. The van der Waals surface area contributed by atoms with Gasteiger partial charge < -0.3 is 10.1 Å². The number of benzene rings is 2. The Kier molecular flexibility index (Phi) is 7.43. The normalized spacial score (nSPS) is 10.6. The minimum atomic E-state index is -0.741. The zero-order valence-corrected chi connectivity index (χ0v) is 14.9. The molecule has 0 spiro atoms. The number of rotatable bonds is 8. The average Bonchev–Trinajstić information content (AvgIpc) is 2.66. The van der Waals surface area contributed by atoms with E-state index < -0.39 is 18.4 Å². The zero-order valence-electron chi connectivity index (χ0n) is 14.9. The third-order valence-electron chi connectivity index (χ3n) is 3.62. The van der Waals surface area contributed by atoms with Gasteiger partial charge in [0.05, 0.1) is 0 Å². The Morgan fingerprint density at radius 1 is 1.07 bits per heavy atom. The van der Waals surface area contributed by atoms with Gasteiger partial charge in [0, 0.05) is 29.3 Å². The van der Waals surface area contributed by atoms with Crippen molar-refractivity contribution in [3.8, 4) is 0 Å². The van der Waals surface area contributed by atoms with Gasteiger partial charge in [-0.3, -0.25) is 9.59 Å². The molecular weight excluding hydrogens is 349 g/mol. The summed E-state index contributed by atoms with van der Waals surface area (Å²) in [6, 6.07) is 12.3. The molecule has 0 radical (unpaired) electrons. The molecule has 5 nitrogen and oxygen atoms in total. The molecule has 2 aromatic rings. The summed E-state index contributed by atoms with van der Waals surface area (Å²) in [7, 11) is 0. The summed E-state index contributed by atoms with van der Waals surface area (Å²) in [5.41, 5.74) is 1.20. The van der Waals surface area contributed by atoms with Crippen LogP contribution in [0.2, 0.25) is 0 Å². The van der Waals surface area contributed by atoms with Crippen molar-refractivity contribution in [2.24, 2.45) is 0 Å². The average molecular weight is 369 g/mol. The zero-order chi connectivity index (χ0) is 19.6. The maximum absolute atomic E-state index is 13.4. The number of Topliss-reactive ketones (excluding diaryl/α,β-unsaturated/α-hetero) is 1. The lowest BCUT2D eigenvalue weighted by atomic mass is 10.1. The predicted octanol–water partition coefficient (Wildman–Crippen LogP) is 4.00. The Morgan fingerprint density at radius 3 is 2.44 bits per heavy atom. The number of anilines is 1. The summed E-state index contributed by atoms with van der Waals surface area (Å²) in [4.78, 5) is 35.3. The fourth-order valence-electron chi connectivity index (χ4n) is 2.23. The van der Waals surface area contributed by atoms with Crippen LogP contribution in [0.5, 0.6) is 0 Å². The first-order valence-electron chi connectivity index (χ1n) is 8.52. The van der Waals surface area contributed by atoms with Gasteiger partial charge in [-0.15, -0.1) is 0 Å². The van der Waals surface area contributed by atoms with Crippen molar-refractivity contribution in [3.63, 3.8) is 0 Å². The molecule has 1 amide bonds. The van der Waals surface area contributed by atoms with Gasteiger partial charge in [-0.1, -0.05) is 25.1 Å². The highest BCUT2D eigenvalue weighted by atomic mass is 19.1. The van der Waals surface area contributed by atoms with Crippen molar-refractivity contribution in [2.45, 2.75) is 19.8 Å². The SMILES string of the molecule is CCCC(=O)Nc1ccc(C(=O)COC(=O)/C=C/c2ccccc2F)cc1. The number of esters is 1. The second kappa shape index (κ2) is 10.0. The van der Waals surface area contributed by atoms with E-state index >= 15 is 0 Å². The Bertz CT molecular complexity index is 844. The van der Waals surface area contributed by atoms with Crippen LogP contribution in [0.15, 0.2) is 54.6 Å². The summed E-state index contributed by atoms with van der Waals surface area (Å²) in [6.45, 7) is 1.48. The number of nitrogens with one attached hydrogen (secondary N) is 1. The summed E-state index contributed by atoms with van der Waals surface area (Å²) in [5.74, 6) is -1.67. The molecule has 0 aliphatic rings. The molecule has 0 aliphatic carbocycles. The molecule has 2 rings (SSSR count). The van der Waals surface area contributed by atoms with E-state index in [1.54, 1.807) is 36.4 Å². The Balaban J connectivity index is 1.85. The third kappa shape index (κ3) is 6.51. The second-order valence-corrected chi connectivity index (χ2v) is 5.76. The Morgan fingerprint density at radius 2 is 1.78 bits per heavy atom. The fourth-order valence-corrected chi connectivity index (χ4v) is 2.23. The van der Waals surface area contributed by atoms with E-state index in [-0.39, 0.29) is 17.3 Å². The molecule has 0 unspecified atom stereocenters. The molecule has 1 N–H and O–H groups in total. The van der Waals surface area contributed by atoms with Gasteiger partial charge in [0.15, 0.2) is 12.4 Å². The van der Waals surface area contributed by atoms with Crippen molar-refractivity contribution in [1.82, 2.24) is 0 Å². The van der Waals surface area contributed by atoms with E-state index in [1.165, 1.54) is 18.2 Å². The second-order valence-electron chi connectivity index (χ2n) is 5.76. The Labute approximate surface area is 156 Å². The van der Waals surface area contributed by atoms with Crippen LogP contribution in [-0.4, -0.2) is 24.3 Å². The van der Waals surface area contributed by atoms with E-state index in [9.17, 15) is 18.8 Å². The number of ether oxygens (including phenoxy) is 1. The van der Waals surface area contributed by atoms with E-state index in [1.807, 2.05) is 6.92 Å². The number of halogens is 1. The minimum Gasteiger partial charge on any atom is -0.454 e. The summed E-state index contributed by atoms with van der Waals surface area (Å²) in [6.07, 6.45) is 3.53. The molecule has 140 valence electrons. The van der Waals surface area contributed by atoms with Crippen molar-refractivity contribution in [1.29, 1.82) is 0 Å².